The summed E-state index contributed by atoms with van der Waals surface area (Å²) in [6.45, 7) is 3.16. The second kappa shape index (κ2) is 10.4. The zero-order valence-electron chi connectivity index (χ0n) is 13.6. The molecule has 0 aromatic heterocycles. The fourth-order valence-corrected chi connectivity index (χ4v) is 2.61. The normalized spacial score (nSPS) is 17.5. The Labute approximate surface area is 143 Å². The van der Waals surface area contributed by atoms with Crippen LogP contribution in [0.25, 0.3) is 0 Å². The number of amides is 1. The van der Waals surface area contributed by atoms with Crippen molar-refractivity contribution in [1.29, 1.82) is 0 Å². The average molecular weight is 345 g/mol. The Bertz CT molecular complexity index is 487. The summed E-state index contributed by atoms with van der Waals surface area (Å²) in [7, 11) is 3.26. The zero-order valence-corrected chi connectivity index (χ0v) is 14.4. The van der Waals surface area contributed by atoms with Gasteiger partial charge < -0.3 is 24.4 Å². The monoisotopic (exact) mass is 344 g/mol. The second-order valence-corrected chi connectivity index (χ2v) is 5.09. The Morgan fingerprint density at radius 3 is 2.83 bits per heavy atom. The van der Waals surface area contributed by atoms with Crippen LogP contribution in [0.2, 0.25) is 0 Å². The van der Waals surface area contributed by atoms with Crippen molar-refractivity contribution in [2.45, 2.75) is 6.04 Å². The molecule has 0 spiro atoms. The van der Waals surface area contributed by atoms with E-state index in [1.54, 1.807) is 14.2 Å². The number of rotatable bonds is 7. The third-order valence-corrected chi connectivity index (χ3v) is 3.72. The molecular weight excluding hydrogens is 320 g/mol. The number of benzene rings is 1. The van der Waals surface area contributed by atoms with E-state index < -0.39 is 0 Å². The van der Waals surface area contributed by atoms with Crippen LogP contribution < -0.4 is 10.1 Å². The molecule has 1 aromatic carbocycles. The first-order valence-electron chi connectivity index (χ1n) is 7.47. The fraction of sp³-hybridized carbons (Fsp3) is 0.562. The SMILES string of the molecule is COCCOCC(=O)N1CCNCC1c1ccccc1OC.Cl. The number of nitrogens with one attached hydrogen (secondary N) is 1. The van der Waals surface area contributed by atoms with E-state index in [4.69, 9.17) is 14.2 Å². The molecule has 7 heteroatoms. The molecule has 1 fully saturated rings. The number of nitrogens with zero attached hydrogens (tertiary/aromatic N) is 1. The Morgan fingerprint density at radius 2 is 2.09 bits per heavy atom. The molecule has 1 N–H and O–H groups in total. The molecule has 1 aliphatic rings. The lowest BCUT2D eigenvalue weighted by atomic mass is 10.0. The maximum absolute atomic E-state index is 12.4. The van der Waals surface area contributed by atoms with Crippen LogP contribution in [0.15, 0.2) is 24.3 Å². The minimum absolute atomic E-state index is 0. The van der Waals surface area contributed by atoms with Crippen LogP contribution >= 0.6 is 12.4 Å². The number of hydrogen-bond donors (Lipinski definition) is 1. The Kier molecular flexibility index (Phi) is 8.94. The molecule has 0 radical (unpaired) electrons. The Morgan fingerprint density at radius 1 is 1.30 bits per heavy atom. The van der Waals surface area contributed by atoms with Gasteiger partial charge in [0.1, 0.15) is 12.4 Å². The summed E-state index contributed by atoms with van der Waals surface area (Å²) >= 11 is 0. The minimum Gasteiger partial charge on any atom is -0.496 e. The van der Waals surface area contributed by atoms with Gasteiger partial charge in [0.25, 0.3) is 0 Å². The van der Waals surface area contributed by atoms with Crippen molar-refractivity contribution in [3.05, 3.63) is 29.8 Å². The van der Waals surface area contributed by atoms with Gasteiger partial charge in [-0.05, 0) is 6.07 Å². The molecule has 1 aromatic rings. The van der Waals surface area contributed by atoms with Gasteiger partial charge in [0, 0.05) is 32.3 Å². The predicted octanol–water partition coefficient (Wildman–Crippen LogP) is 1.25. The highest BCUT2D eigenvalue weighted by atomic mass is 35.5. The Hall–Kier alpha value is -1.34. The summed E-state index contributed by atoms with van der Waals surface area (Å²) in [6, 6.07) is 7.77. The molecule has 23 heavy (non-hydrogen) atoms. The van der Waals surface area contributed by atoms with Crippen molar-refractivity contribution >= 4 is 18.3 Å². The van der Waals surface area contributed by atoms with E-state index in [1.165, 1.54) is 0 Å². The van der Waals surface area contributed by atoms with Gasteiger partial charge in [-0.1, -0.05) is 18.2 Å². The first-order chi connectivity index (χ1) is 10.8. The highest BCUT2D eigenvalue weighted by Gasteiger charge is 2.29. The number of halogens is 1. The van der Waals surface area contributed by atoms with E-state index in [1.807, 2.05) is 29.2 Å². The highest BCUT2D eigenvalue weighted by molar-refractivity contribution is 5.85. The van der Waals surface area contributed by atoms with Crippen molar-refractivity contribution < 1.29 is 19.0 Å². The molecule has 6 nitrogen and oxygen atoms in total. The van der Waals surface area contributed by atoms with E-state index in [2.05, 4.69) is 5.32 Å². The van der Waals surface area contributed by atoms with E-state index in [0.717, 1.165) is 17.9 Å². The fourth-order valence-electron chi connectivity index (χ4n) is 2.61. The summed E-state index contributed by atoms with van der Waals surface area (Å²) in [5.41, 5.74) is 1.02. The third-order valence-electron chi connectivity index (χ3n) is 3.72. The van der Waals surface area contributed by atoms with Crippen molar-refractivity contribution in [1.82, 2.24) is 10.2 Å². The number of methoxy groups -OCH3 is 2. The lowest BCUT2D eigenvalue weighted by molar-refractivity contribution is -0.140. The van der Waals surface area contributed by atoms with Gasteiger partial charge in [-0.25, -0.2) is 0 Å². The van der Waals surface area contributed by atoms with Crippen LogP contribution in [-0.2, 0) is 14.3 Å². The first kappa shape index (κ1) is 19.7. The van der Waals surface area contributed by atoms with Crippen LogP contribution in [0, 0.1) is 0 Å². The molecule has 1 amide bonds. The van der Waals surface area contributed by atoms with Crippen LogP contribution in [0.5, 0.6) is 5.75 Å². The van der Waals surface area contributed by atoms with Gasteiger partial charge in [-0.2, -0.15) is 0 Å². The topological polar surface area (TPSA) is 60.0 Å². The third kappa shape index (κ3) is 5.35. The van der Waals surface area contributed by atoms with E-state index >= 15 is 0 Å². The molecular formula is C16H25ClN2O4. The summed E-state index contributed by atoms with van der Waals surface area (Å²) in [6.07, 6.45) is 0. The molecule has 1 heterocycles. The van der Waals surface area contributed by atoms with Crippen molar-refractivity contribution in [2.24, 2.45) is 0 Å². The number of piperazine rings is 1. The smallest absolute Gasteiger partial charge is 0.249 e. The molecule has 1 atom stereocenters. The van der Waals surface area contributed by atoms with Crippen LogP contribution in [0.3, 0.4) is 0 Å². The van der Waals surface area contributed by atoms with Crippen LogP contribution in [-0.4, -0.2) is 64.5 Å². The molecule has 1 saturated heterocycles. The van der Waals surface area contributed by atoms with Gasteiger partial charge in [0.15, 0.2) is 0 Å². The van der Waals surface area contributed by atoms with Gasteiger partial charge in [0.2, 0.25) is 5.91 Å². The predicted molar refractivity (Wildman–Crippen MR) is 90.3 cm³/mol. The molecule has 0 bridgehead atoms. The van der Waals surface area contributed by atoms with Gasteiger partial charge >= 0.3 is 0 Å². The van der Waals surface area contributed by atoms with Crippen molar-refractivity contribution in [3.8, 4) is 5.75 Å². The number of carbonyl (C=O) groups excluding carboxylic acids is 1. The molecule has 0 aliphatic carbocycles. The number of ether oxygens (including phenoxy) is 3. The summed E-state index contributed by atoms with van der Waals surface area (Å²) in [5.74, 6) is 0.794. The molecule has 130 valence electrons. The second-order valence-electron chi connectivity index (χ2n) is 5.09. The lowest BCUT2D eigenvalue weighted by Crippen LogP contribution is -2.49. The standard InChI is InChI=1S/C16H24N2O4.ClH/c1-20-9-10-22-12-16(19)18-8-7-17-11-14(18)13-5-3-4-6-15(13)21-2;/h3-6,14,17H,7-12H2,1-2H3;1H. The summed E-state index contributed by atoms with van der Waals surface area (Å²) in [4.78, 5) is 14.3. The van der Waals surface area contributed by atoms with Crippen LogP contribution in [0.4, 0.5) is 0 Å². The van der Waals surface area contributed by atoms with E-state index in [-0.39, 0.29) is 31.0 Å². The zero-order chi connectivity index (χ0) is 15.8. The van der Waals surface area contributed by atoms with E-state index in [9.17, 15) is 4.79 Å². The lowest BCUT2D eigenvalue weighted by Gasteiger charge is -2.37. The number of para-hydroxylation sites is 1. The summed E-state index contributed by atoms with van der Waals surface area (Å²) < 4.78 is 15.7. The molecule has 1 aliphatic heterocycles. The quantitative estimate of drug-likeness (QED) is 0.754. The van der Waals surface area contributed by atoms with Gasteiger partial charge in [-0.15, -0.1) is 12.4 Å². The number of hydrogen-bond acceptors (Lipinski definition) is 5. The van der Waals surface area contributed by atoms with Crippen molar-refractivity contribution in [3.63, 3.8) is 0 Å². The Balaban J connectivity index is 0.00000264. The maximum atomic E-state index is 12.4. The van der Waals surface area contributed by atoms with Gasteiger partial charge in [0.05, 0.1) is 26.4 Å². The average Bonchev–Trinajstić information content (AvgIpc) is 2.58. The van der Waals surface area contributed by atoms with Crippen molar-refractivity contribution in [2.75, 3.05) is 53.7 Å². The van der Waals surface area contributed by atoms with Gasteiger partial charge in [-0.3, -0.25) is 4.79 Å². The largest absolute Gasteiger partial charge is 0.496 e. The maximum Gasteiger partial charge on any atom is 0.249 e. The summed E-state index contributed by atoms with van der Waals surface area (Å²) in [5, 5.41) is 3.34. The molecule has 0 saturated carbocycles. The molecule has 1 unspecified atom stereocenters. The molecule has 2 rings (SSSR count). The first-order valence-corrected chi connectivity index (χ1v) is 7.47. The highest BCUT2D eigenvalue weighted by Crippen LogP contribution is 2.30. The van der Waals surface area contributed by atoms with E-state index in [0.29, 0.717) is 26.3 Å². The van der Waals surface area contributed by atoms with Crippen LogP contribution in [0.1, 0.15) is 11.6 Å². The number of carbonyl (C=O) groups is 1. The minimum atomic E-state index is -0.0385.